The number of unbranched alkanes of at least 4 members (excludes halogenated alkanes) is 18. The molecule has 0 aromatic heterocycles. The molecule has 6 heteroatoms. The number of allylic oxidation sites excluding steroid dienone is 8. The van der Waals surface area contributed by atoms with Crippen LogP contribution in [0, 0.1) is 0 Å². The van der Waals surface area contributed by atoms with E-state index in [-0.39, 0.29) is 31.1 Å². The largest absolute Gasteiger partial charge is 0.462 e. The second kappa shape index (κ2) is 40.1. The van der Waals surface area contributed by atoms with E-state index in [1.54, 1.807) is 0 Å². The first-order valence-electron chi connectivity index (χ1n) is 21.1. The van der Waals surface area contributed by atoms with Gasteiger partial charge in [0.25, 0.3) is 0 Å². The molecule has 0 aliphatic rings. The van der Waals surface area contributed by atoms with Gasteiger partial charge < -0.3 is 14.2 Å². The van der Waals surface area contributed by atoms with E-state index in [4.69, 9.17) is 14.2 Å². The van der Waals surface area contributed by atoms with Gasteiger partial charge in [-0.2, -0.15) is 0 Å². The van der Waals surface area contributed by atoms with Crippen LogP contribution in [0.2, 0.25) is 0 Å². The Bertz CT molecular complexity index is 918. The lowest BCUT2D eigenvalue weighted by molar-refractivity contribution is -0.167. The summed E-state index contributed by atoms with van der Waals surface area (Å²) < 4.78 is 16.6. The Morgan fingerprint density at radius 2 is 0.765 bits per heavy atom. The summed E-state index contributed by atoms with van der Waals surface area (Å²) in [7, 11) is 0. The van der Waals surface area contributed by atoms with E-state index in [1.165, 1.54) is 44.9 Å². The van der Waals surface area contributed by atoms with Crippen molar-refractivity contribution < 1.29 is 28.6 Å². The number of carbonyl (C=O) groups excluding carboxylic acids is 3. The van der Waals surface area contributed by atoms with Crippen LogP contribution in [0.1, 0.15) is 201 Å². The van der Waals surface area contributed by atoms with E-state index in [1.807, 2.05) is 0 Å². The molecule has 0 radical (unpaired) electrons. The fourth-order valence-electron chi connectivity index (χ4n) is 5.69. The summed E-state index contributed by atoms with van der Waals surface area (Å²) in [5.74, 6) is -0.921. The topological polar surface area (TPSA) is 78.9 Å². The van der Waals surface area contributed by atoms with Crippen LogP contribution in [0.4, 0.5) is 0 Å². The third kappa shape index (κ3) is 38.4. The number of hydrogen-bond acceptors (Lipinski definition) is 6. The van der Waals surface area contributed by atoms with Crippen molar-refractivity contribution in [2.24, 2.45) is 0 Å². The van der Waals surface area contributed by atoms with Crippen LogP contribution in [-0.2, 0) is 28.6 Å². The lowest BCUT2D eigenvalue weighted by Crippen LogP contribution is -2.30. The lowest BCUT2D eigenvalue weighted by atomic mass is 10.1. The van der Waals surface area contributed by atoms with E-state index in [2.05, 4.69) is 69.4 Å². The molecule has 0 aromatic rings. The molecule has 0 bridgehead atoms. The van der Waals surface area contributed by atoms with Crippen molar-refractivity contribution in [3.05, 3.63) is 48.6 Å². The fraction of sp³-hybridized carbons (Fsp3) is 0.756. The molecular formula is C45H78O6. The predicted octanol–water partition coefficient (Wildman–Crippen LogP) is 13.2. The van der Waals surface area contributed by atoms with Crippen molar-refractivity contribution in [1.82, 2.24) is 0 Å². The quantitative estimate of drug-likeness (QED) is 0.0276. The molecule has 0 aliphatic heterocycles. The highest BCUT2D eigenvalue weighted by atomic mass is 16.6. The molecule has 0 N–H and O–H groups in total. The summed E-state index contributed by atoms with van der Waals surface area (Å²) in [6.07, 6.45) is 45.2. The van der Waals surface area contributed by atoms with E-state index in [0.717, 1.165) is 116 Å². The zero-order valence-corrected chi connectivity index (χ0v) is 33.4. The van der Waals surface area contributed by atoms with Gasteiger partial charge in [0.05, 0.1) is 0 Å². The van der Waals surface area contributed by atoms with Crippen LogP contribution >= 0.6 is 0 Å². The molecule has 51 heavy (non-hydrogen) atoms. The van der Waals surface area contributed by atoms with Crippen LogP contribution in [0.3, 0.4) is 0 Å². The SMILES string of the molecule is CC/C=C\C/C=C\CCCCCCCC(=O)OCC(COC(=O)CCCCCCCCCCC)OC(=O)CCCCCCC/C=C\C/C=C\CC. The number of ether oxygens (including phenoxy) is 3. The van der Waals surface area contributed by atoms with Gasteiger partial charge in [-0.3, -0.25) is 14.4 Å². The van der Waals surface area contributed by atoms with Crippen molar-refractivity contribution in [1.29, 1.82) is 0 Å². The van der Waals surface area contributed by atoms with Crippen LogP contribution in [0.5, 0.6) is 0 Å². The fourth-order valence-corrected chi connectivity index (χ4v) is 5.69. The van der Waals surface area contributed by atoms with Crippen molar-refractivity contribution in [3.63, 3.8) is 0 Å². The number of esters is 3. The molecule has 0 saturated carbocycles. The highest BCUT2D eigenvalue weighted by Crippen LogP contribution is 2.13. The van der Waals surface area contributed by atoms with E-state index in [0.29, 0.717) is 19.3 Å². The van der Waals surface area contributed by atoms with Gasteiger partial charge in [0.15, 0.2) is 6.10 Å². The molecule has 0 aliphatic carbocycles. The first-order valence-corrected chi connectivity index (χ1v) is 21.1. The maximum Gasteiger partial charge on any atom is 0.306 e. The van der Waals surface area contributed by atoms with Crippen molar-refractivity contribution in [2.75, 3.05) is 13.2 Å². The maximum absolute atomic E-state index is 12.7. The standard InChI is InChI=1S/C45H78O6/c1-4-7-10-13-16-19-21-23-26-29-32-35-38-44(47)50-41-42(40-49-43(46)37-34-31-28-25-18-15-12-9-6-3)51-45(48)39-36-33-30-27-24-22-20-17-14-11-8-5-2/h7-8,10-11,16-17,19-20,42H,4-6,9,12-15,18,21-41H2,1-3H3/b10-7-,11-8-,19-16-,20-17-. The molecule has 1 atom stereocenters. The van der Waals surface area contributed by atoms with Crippen LogP contribution in [0.15, 0.2) is 48.6 Å². The minimum absolute atomic E-state index is 0.0830. The van der Waals surface area contributed by atoms with E-state index in [9.17, 15) is 14.4 Å². The number of rotatable bonds is 37. The summed E-state index contributed by atoms with van der Waals surface area (Å²) in [5, 5.41) is 0. The second-order valence-electron chi connectivity index (χ2n) is 13.8. The monoisotopic (exact) mass is 715 g/mol. The first-order chi connectivity index (χ1) is 25.0. The molecule has 6 nitrogen and oxygen atoms in total. The average Bonchev–Trinajstić information content (AvgIpc) is 3.12. The summed E-state index contributed by atoms with van der Waals surface area (Å²) in [4.78, 5) is 37.5. The van der Waals surface area contributed by atoms with Crippen LogP contribution in [0.25, 0.3) is 0 Å². The Labute approximate surface area is 314 Å². The molecule has 0 spiro atoms. The van der Waals surface area contributed by atoms with Crippen LogP contribution < -0.4 is 0 Å². The van der Waals surface area contributed by atoms with E-state index >= 15 is 0 Å². The Kier molecular flexibility index (Phi) is 38.1. The van der Waals surface area contributed by atoms with Gasteiger partial charge in [-0.15, -0.1) is 0 Å². The molecule has 0 amide bonds. The Hall–Kier alpha value is -2.63. The minimum Gasteiger partial charge on any atom is -0.462 e. The molecule has 0 fully saturated rings. The number of carbonyl (C=O) groups is 3. The second-order valence-corrected chi connectivity index (χ2v) is 13.8. The van der Waals surface area contributed by atoms with Crippen LogP contribution in [-0.4, -0.2) is 37.2 Å². The van der Waals surface area contributed by atoms with Gasteiger partial charge in [-0.1, -0.05) is 159 Å². The third-order valence-corrected chi connectivity index (χ3v) is 8.83. The molecule has 0 heterocycles. The number of hydrogen-bond donors (Lipinski definition) is 0. The average molecular weight is 715 g/mol. The maximum atomic E-state index is 12.7. The molecule has 0 aromatic carbocycles. The minimum atomic E-state index is -0.780. The lowest BCUT2D eigenvalue weighted by Gasteiger charge is -2.18. The predicted molar refractivity (Wildman–Crippen MR) is 215 cm³/mol. The zero-order valence-electron chi connectivity index (χ0n) is 33.4. The summed E-state index contributed by atoms with van der Waals surface area (Å²) in [6, 6.07) is 0. The Morgan fingerprint density at radius 1 is 0.412 bits per heavy atom. The smallest absolute Gasteiger partial charge is 0.306 e. The molecular weight excluding hydrogens is 636 g/mol. The molecule has 0 saturated heterocycles. The van der Waals surface area contributed by atoms with Crippen molar-refractivity contribution in [3.8, 4) is 0 Å². The summed E-state index contributed by atoms with van der Waals surface area (Å²) in [5.41, 5.74) is 0. The van der Waals surface area contributed by atoms with Crippen molar-refractivity contribution >= 4 is 17.9 Å². The van der Waals surface area contributed by atoms with Gasteiger partial charge in [0, 0.05) is 19.3 Å². The van der Waals surface area contributed by atoms with Gasteiger partial charge in [0.1, 0.15) is 13.2 Å². The molecule has 294 valence electrons. The Balaban J connectivity index is 4.41. The summed E-state index contributed by atoms with van der Waals surface area (Å²) >= 11 is 0. The highest BCUT2D eigenvalue weighted by molar-refractivity contribution is 5.71. The normalized spacial score (nSPS) is 12.5. The molecule has 1 unspecified atom stereocenters. The van der Waals surface area contributed by atoms with Gasteiger partial charge in [-0.05, 0) is 70.6 Å². The zero-order chi connectivity index (χ0) is 37.3. The first kappa shape index (κ1) is 48.4. The Morgan fingerprint density at radius 3 is 1.18 bits per heavy atom. The van der Waals surface area contributed by atoms with E-state index < -0.39 is 6.10 Å². The van der Waals surface area contributed by atoms with Gasteiger partial charge in [0.2, 0.25) is 0 Å². The van der Waals surface area contributed by atoms with Crippen molar-refractivity contribution in [2.45, 2.75) is 207 Å². The highest BCUT2D eigenvalue weighted by Gasteiger charge is 2.19. The summed E-state index contributed by atoms with van der Waals surface area (Å²) in [6.45, 7) is 6.35. The van der Waals surface area contributed by atoms with Gasteiger partial charge >= 0.3 is 17.9 Å². The third-order valence-electron chi connectivity index (χ3n) is 8.83. The molecule has 0 rings (SSSR count). The van der Waals surface area contributed by atoms with Gasteiger partial charge in [-0.25, -0.2) is 0 Å².